The van der Waals surface area contributed by atoms with Crippen LogP contribution >= 0.6 is 12.6 Å². The molecule has 5 heteroatoms. The maximum absolute atomic E-state index is 5.53. The summed E-state index contributed by atoms with van der Waals surface area (Å²) in [6.45, 7) is 8.06. The zero-order valence-corrected chi connectivity index (χ0v) is 11.4. The minimum atomic E-state index is -1.82. The Morgan fingerprint density at radius 3 is 2.14 bits per heavy atom. The van der Waals surface area contributed by atoms with E-state index in [1.165, 1.54) is 0 Å². The third kappa shape index (κ3) is 9.02. The molecule has 0 heterocycles. The zero-order chi connectivity index (χ0) is 10.8. The molecular weight excluding hydrogens is 216 g/mol. The average Bonchev–Trinajstić information content (AvgIpc) is 2.12. The van der Waals surface area contributed by atoms with Crippen LogP contribution in [-0.4, -0.2) is 34.6 Å². The predicted molar refractivity (Wildman–Crippen MR) is 64.0 cm³/mol. The highest BCUT2D eigenvalue weighted by molar-refractivity contribution is 7.80. The van der Waals surface area contributed by atoms with Crippen molar-refractivity contribution in [2.45, 2.75) is 38.9 Å². The molecule has 0 aromatic carbocycles. The Balaban J connectivity index is 3.40. The largest absolute Gasteiger partial charge is 0.484 e. The summed E-state index contributed by atoms with van der Waals surface area (Å²) in [5.74, 6) is 0. The van der Waals surface area contributed by atoms with Gasteiger partial charge in [-0.3, -0.25) is 0 Å². The Morgan fingerprint density at radius 2 is 1.71 bits per heavy atom. The van der Waals surface area contributed by atoms with Crippen molar-refractivity contribution >= 4 is 22.2 Å². The van der Waals surface area contributed by atoms with E-state index in [4.69, 9.17) is 13.3 Å². The van der Waals surface area contributed by atoms with Crippen LogP contribution < -0.4 is 0 Å². The van der Waals surface area contributed by atoms with E-state index in [1.807, 2.05) is 13.8 Å². The Kier molecular flexibility index (Phi) is 10.3. The van der Waals surface area contributed by atoms with Crippen molar-refractivity contribution in [2.75, 3.05) is 19.8 Å². The van der Waals surface area contributed by atoms with Crippen LogP contribution in [0.3, 0.4) is 0 Å². The lowest BCUT2D eigenvalue weighted by Gasteiger charge is -2.14. The molecule has 0 saturated carbocycles. The third-order valence-corrected chi connectivity index (χ3v) is 3.60. The van der Waals surface area contributed by atoms with E-state index < -0.39 is 9.53 Å². The van der Waals surface area contributed by atoms with Crippen LogP contribution in [0.25, 0.3) is 0 Å². The molecule has 0 aromatic rings. The average molecular weight is 238 g/mol. The van der Waals surface area contributed by atoms with Gasteiger partial charge < -0.3 is 13.3 Å². The van der Waals surface area contributed by atoms with Crippen molar-refractivity contribution in [3.63, 3.8) is 0 Å². The lowest BCUT2D eigenvalue weighted by atomic mass is 10.3. The summed E-state index contributed by atoms with van der Waals surface area (Å²) in [7, 11) is -1.82. The number of hydrogen-bond acceptors (Lipinski definition) is 4. The highest BCUT2D eigenvalue weighted by Gasteiger charge is 2.12. The van der Waals surface area contributed by atoms with Crippen molar-refractivity contribution in [1.82, 2.24) is 0 Å². The second-order valence-corrected chi connectivity index (χ2v) is 5.52. The maximum atomic E-state index is 5.53. The van der Waals surface area contributed by atoms with Gasteiger partial charge in [-0.05, 0) is 31.9 Å². The summed E-state index contributed by atoms with van der Waals surface area (Å²) in [4.78, 5) is 0. The van der Waals surface area contributed by atoms with Gasteiger partial charge in [0.25, 0.3) is 0 Å². The van der Waals surface area contributed by atoms with Gasteiger partial charge in [-0.25, -0.2) is 0 Å². The molecule has 1 unspecified atom stereocenters. The van der Waals surface area contributed by atoms with Crippen LogP contribution in [-0.2, 0) is 13.3 Å². The Bertz CT molecular complexity index is 119. The quantitative estimate of drug-likeness (QED) is 0.378. The molecule has 0 rings (SSSR count). The molecule has 0 amide bonds. The zero-order valence-electron chi connectivity index (χ0n) is 9.36. The van der Waals surface area contributed by atoms with Gasteiger partial charge in [-0.2, -0.15) is 12.6 Å². The molecule has 0 aliphatic carbocycles. The molecular formula is C9H22O3SSi. The van der Waals surface area contributed by atoms with E-state index in [-0.39, 0.29) is 0 Å². The smallest absolute Gasteiger partial charge is 0.376 e. The molecule has 14 heavy (non-hydrogen) atoms. The fraction of sp³-hybridized carbons (Fsp3) is 1.00. The minimum Gasteiger partial charge on any atom is -0.376 e. The monoisotopic (exact) mass is 238 g/mol. The van der Waals surface area contributed by atoms with Crippen molar-refractivity contribution in [2.24, 2.45) is 0 Å². The van der Waals surface area contributed by atoms with Crippen molar-refractivity contribution < 1.29 is 13.3 Å². The lowest BCUT2D eigenvalue weighted by Crippen LogP contribution is -2.27. The van der Waals surface area contributed by atoms with E-state index >= 15 is 0 Å². The molecule has 1 atom stereocenters. The Morgan fingerprint density at radius 1 is 1.14 bits per heavy atom. The van der Waals surface area contributed by atoms with Crippen molar-refractivity contribution in [3.05, 3.63) is 0 Å². The van der Waals surface area contributed by atoms with Crippen LogP contribution in [0.1, 0.15) is 33.6 Å². The van der Waals surface area contributed by atoms with E-state index in [2.05, 4.69) is 19.6 Å². The van der Waals surface area contributed by atoms with Crippen LogP contribution in [0.5, 0.6) is 0 Å². The maximum Gasteiger partial charge on any atom is 0.484 e. The first-order valence-corrected chi connectivity index (χ1v) is 7.16. The van der Waals surface area contributed by atoms with Gasteiger partial charge in [0, 0.05) is 19.8 Å². The van der Waals surface area contributed by atoms with Crippen LogP contribution in [0.4, 0.5) is 0 Å². The first-order valence-electron chi connectivity index (χ1n) is 5.23. The second kappa shape index (κ2) is 9.98. The van der Waals surface area contributed by atoms with E-state index in [0.29, 0.717) is 18.5 Å². The van der Waals surface area contributed by atoms with Gasteiger partial charge >= 0.3 is 9.53 Å². The summed E-state index contributed by atoms with van der Waals surface area (Å²) < 4.78 is 16.3. The van der Waals surface area contributed by atoms with Crippen LogP contribution in [0.15, 0.2) is 0 Å². The molecule has 86 valence electrons. The number of rotatable bonds is 9. The minimum absolute atomic E-state index is 0.443. The molecule has 0 saturated heterocycles. The molecule has 0 fully saturated rings. The van der Waals surface area contributed by atoms with Gasteiger partial charge in [0.2, 0.25) is 0 Å². The van der Waals surface area contributed by atoms with Crippen molar-refractivity contribution in [1.29, 1.82) is 0 Å². The summed E-state index contributed by atoms with van der Waals surface area (Å²) in [6, 6.07) is 0. The molecule has 3 nitrogen and oxygen atoms in total. The Hall–Kier alpha value is 0.447. The SMILES string of the molecule is CCO[SiH](OCC)OCCCC(C)S. The van der Waals surface area contributed by atoms with E-state index in [1.54, 1.807) is 0 Å². The topological polar surface area (TPSA) is 27.7 Å². The van der Waals surface area contributed by atoms with Crippen LogP contribution in [0.2, 0.25) is 0 Å². The lowest BCUT2D eigenvalue weighted by molar-refractivity contribution is 0.101. The molecule has 0 radical (unpaired) electrons. The first kappa shape index (κ1) is 14.4. The van der Waals surface area contributed by atoms with Gasteiger partial charge in [-0.1, -0.05) is 6.92 Å². The summed E-state index contributed by atoms with van der Waals surface area (Å²) in [6.07, 6.45) is 2.09. The fourth-order valence-electron chi connectivity index (χ4n) is 0.975. The van der Waals surface area contributed by atoms with Gasteiger partial charge in [-0.15, -0.1) is 0 Å². The third-order valence-electron chi connectivity index (χ3n) is 1.63. The summed E-state index contributed by atoms with van der Waals surface area (Å²) in [5, 5.41) is 0.443. The summed E-state index contributed by atoms with van der Waals surface area (Å²) in [5.41, 5.74) is 0. The Labute approximate surface area is 94.5 Å². The first-order chi connectivity index (χ1) is 6.70. The predicted octanol–water partition coefficient (Wildman–Crippen LogP) is 1.89. The molecule has 0 aromatic heterocycles. The molecule has 0 bridgehead atoms. The van der Waals surface area contributed by atoms with Crippen molar-refractivity contribution in [3.8, 4) is 0 Å². The van der Waals surface area contributed by atoms with Gasteiger partial charge in [0.1, 0.15) is 0 Å². The van der Waals surface area contributed by atoms with Gasteiger partial charge in [0.05, 0.1) is 0 Å². The molecule has 0 N–H and O–H groups in total. The number of thiol groups is 1. The van der Waals surface area contributed by atoms with E-state index in [9.17, 15) is 0 Å². The van der Waals surface area contributed by atoms with Crippen LogP contribution in [0, 0.1) is 0 Å². The van der Waals surface area contributed by atoms with E-state index in [0.717, 1.165) is 19.4 Å². The molecule has 0 aliphatic heterocycles. The highest BCUT2D eigenvalue weighted by atomic mass is 32.1. The highest BCUT2D eigenvalue weighted by Crippen LogP contribution is 2.04. The number of hydrogen-bond donors (Lipinski definition) is 1. The molecule has 0 aliphatic rings. The fourth-order valence-corrected chi connectivity index (χ4v) is 2.35. The standard InChI is InChI=1S/C9H22O3SSi/c1-4-10-14(11-5-2)12-8-6-7-9(3)13/h9,13-14H,4-8H2,1-3H3. The summed E-state index contributed by atoms with van der Waals surface area (Å²) >= 11 is 4.30. The molecule has 0 spiro atoms. The second-order valence-electron chi connectivity index (χ2n) is 3.06. The van der Waals surface area contributed by atoms with Gasteiger partial charge in [0.15, 0.2) is 0 Å². The normalized spacial score (nSPS) is 13.5.